The number of anilines is 15. The molecule has 17 rings (SSSR count). The van der Waals surface area contributed by atoms with Crippen LogP contribution in [0.5, 0.6) is 0 Å². The lowest BCUT2D eigenvalue weighted by Gasteiger charge is -2.46. The van der Waals surface area contributed by atoms with Crippen LogP contribution in [0.1, 0.15) is 5.56 Å². The third kappa shape index (κ3) is 6.46. The molecule has 0 saturated carbocycles. The maximum absolute atomic E-state index is 7.45. The van der Waals surface area contributed by atoms with Crippen LogP contribution >= 0.6 is 0 Å². The molecule has 0 aliphatic carbocycles. The third-order valence-electron chi connectivity index (χ3n) is 16.7. The second kappa shape index (κ2) is 17.3. The number of aryl methyl sites for hydroxylation is 1. The van der Waals surface area contributed by atoms with Crippen molar-refractivity contribution in [2.45, 2.75) is 6.92 Å². The predicted molar refractivity (Wildman–Crippen MR) is 333 cm³/mol. The maximum atomic E-state index is 7.45. The molecule has 374 valence electrons. The van der Waals surface area contributed by atoms with Gasteiger partial charge in [-0.15, -0.1) is 0 Å². The molecule has 13 aromatic rings. The second-order valence-electron chi connectivity index (χ2n) is 21.3. The highest BCUT2D eigenvalue weighted by molar-refractivity contribution is 7.02. The van der Waals surface area contributed by atoms with Crippen LogP contribution in [0.25, 0.3) is 21.9 Å². The quantitative estimate of drug-likeness (QED) is 0.147. The van der Waals surface area contributed by atoms with Crippen molar-refractivity contribution in [2.75, 3.05) is 24.5 Å². The first-order valence-electron chi connectivity index (χ1n) is 27.5. The van der Waals surface area contributed by atoms with E-state index in [9.17, 15) is 0 Å². The molecule has 4 aliphatic heterocycles. The first kappa shape index (κ1) is 44.7. The van der Waals surface area contributed by atoms with Crippen LogP contribution in [0.15, 0.2) is 276 Å². The van der Waals surface area contributed by atoms with Crippen LogP contribution in [0.2, 0.25) is 0 Å². The van der Waals surface area contributed by atoms with Crippen LogP contribution in [-0.4, -0.2) is 13.4 Å². The van der Waals surface area contributed by atoms with E-state index in [0.29, 0.717) is 0 Å². The summed E-state index contributed by atoms with van der Waals surface area (Å²) < 4.78 is 14.8. The minimum atomic E-state index is -0.331. The molecule has 7 nitrogen and oxygen atoms in total. The molecule has 0 radical (unpaired) electrons. The van der Waals surface area contributed by atoms with Crippen molar-refractivity contribution in [3.05, 3.63) is 272 Å². The van der Waals surface area contributed by atoms with Crippen molar-refractivity contribution < 1.29 is 8.83 Å². The zero-order valence-electron chi connectivity index (χ0n) is 43.6. The van der Waals surface area contributed by atoms with Crippen LogP contribution in [0.3, 0.4) is 0 Å². The second-order valence-corrected chi connectivity index (χ2v) is 21.3. The highest BCUT2D eigenvalue weighted by Gasteiger charge is 2.51. The molecule has 0 bridgehead atoms. The van der Waals surface area contributed by atoms with Gasteiger partial charge in [-0.05, 0) is 162 Å². The van der Waals surface area contributed by atoms with Crippen LogP contribution in [0, 0.1) is 6.92 Å². The molecule has 0 N–H and O–H groups in total. The van der Waals surface area contributed by atoms with Crippen molar-refractivity contribution in [1.29, 1.82) is 0 Å². The lowest BCUT2D eigenvalue weighted by molar-refractivity contribution is 0.651. The summed E-state index contributed by atoms with van der Waals surface area (Å²) in [7, 11) is 0. The van der Waals surface area contributed by atoms with E-state index in [1.807, 2.05) is 0 Å². The fourth-order valence-electron chi connectivity index (χ4n) is 13.6. The standard InChI is InChI=1S/C71H47B2N5O2/c1-46-40-60-66-61(41-46)77(51-32-16-6-17-33-51)68-54-36-20-22-38-64(54)79-70(68)72(66)56-44-57-59(45-58(56)75(60)49-28-12-4-13-29-49)76(50-30-14-5-15-31-50)62-42-53(74(47-24-8-2-9-25-47)48-26-10-3-11-27-48)43-63-67(62)73(57)71-69(55-37-21-23-39-65(55)80-71)78(63)52-34-18-7-19-35-52/h2-45H,1H3. The molecule has 9 heteroatoms. The average Bonchev–Trinajstić information content (AvgIpc) is 4.24. The summed E-state index contributed by atoms with van der Waals surface area (Å²) >= 11 is 0. The van der Waals surface area contributed by atoms with Gasteiger partial charge in [0.15, 0.2) is 0 Å². The molecular weight excluding hydrogens is 976 g/mol. The molecule has 0 fully saturated rings. The molecule has 4 aliphatic rings. The van der Waals surface area contributed by atoms with Crippen LogP contribution in [0.4, 0.5) is 85.3 Å². The van der Waals surface area contributed by atoms with Crippen molar-refractivity contribution in [1.82, 2.24) is 0 Å². The molecule has 0 amide bonds. The zero-order chi connectivity index (χ0) is 52.6. The highest BCUT2D eigenvalue weighted by atomic mass is 16.3. The van der Waals surface area contributed by atoms with Gasteiger partial charge >= 0.3 is 0 Å². The van der Waals surface area contributed by atoms with Gasteiger partial charge in [-0.2, -0.15) is 0 Å². The van der Waals surface area contributed by atoms with E-state index >= 15 is 0 Å². The van der Waals surface area contributed by atoms with E-state index in [1.54, 1.807) is 0 Å². The lowest BCUT2D eigenvalue weighted by Crippen LogP contribution is -2.65. The van der Waals surface area contributed by atoms with Gasteiger partial charge in [0, 0.05) is 79.0 Å². The Kier molecular flexibility index (Phi) is 9.68. The van der Waals surface area contributed by atoms with Gasteiger partial charge in [-0.25, -0.2) is 0 Å². The number of benzene rings is 11. The van der Waals surface area contributed by atoms with Gasteiger partial charge < -0.3 is 33.3 Å². The Morgan fingerprint density at radius 3 is 1.07 bits per heavy atom. The van der Waals surface area contributed by atoms with Crippen molar-refractivity contribution in [2.24, 2.45) is 0 Å². The first-order valence-corrected chi connectivity index (χ1v) is 27.5. The summed E-state index contributed by atoms with van der Waals surface area (Å²) in [6.07, 6.45) is 0. The van der Waals surface area contributed by atoms with Gasteiger partial charge in [0.1, 0.15) is 11.2 Å². The van der Waals surface area contributed by atoms with Crippen molar-refractivity contribution in [3.8, 4) is 0 Å². The predicted octanol–water partition coefficient (Wildman–Crippen LogP) is 15.1. The number of hydrogen-bond donors (Lipinski definition) is 0. The Morgan fingerprint density at radius 1 is 0.312 bits per heavy atom. The first-order chi connectivity index (χ1) is 39.6. The third-order valence-corrected chi connectivity index (χ3v) is 16.7. The molecule has 6 heterocycles. The molecule has 0 unspecified atom stereocenters. The summed E-state index contributed by atoms with van der Waals surface area (Å²) in [5.74, 6) is 0. The van der Waals surface area contributed by atoms with Gasteiger partial charge in [-0.3, -0.25) is 0 Å². The SMILES string of the molecule is Cc1cc2c3c(c1)N(c1ccccc1)c1c(oc4ccccc14)B3c1cc3c(cc1N2c1ccccc1)N(c1ccccc1)c1cc(N(c2ccccc2)c2ccccc2)cc2c1B3c1oc3ccccc3c1N2c1ccccc1. The minimum absolute atomic E-state index is 0.276. The molecule has 0 saturated heterocycles. The normalized spacial score (nSPS) is 13.4. The van der Waals surface area contributed by atoms with Gasteiger partial charge in [0.2, 0.25) is 0 Å². The van der Waals surface area contributed by atoms with E-state index in [-0.39, 0.29) is 13.4 Å². The number of nitrogens with zero attached hydrogens (tertiary/aromatic N) is 5. The fraction of sp³-hybridized carbons (Fsp3) is 0.0141. The van der Waals surface area contributed by atoms with Crippen molar-refractivity contribution in [3.63, 3.8) is 0 Å². The van der Waals surface area contributed by atoms with E-state index in [2.05, 4.69) is 298 Å². The van der Waals surface area contributed by atoms with Crippen LogP contribution < -0.4 is 57.7 Å². The topological polar surface area (TPSA) is 42.5 Å². The summed E-state index contributed by atoms with van der Waals surface area (Å²) in [6.45, 7) is 1.62. The molecule has 2 aromatic heterocycles. The number of rotatable bonds is 7. The van der Waals surface area contributed by atoms with Crippen molar-refractivity contribution >= 4 is 154 Å². The monoisotopic (exact) mass is 1020 g/mol. The lowest BCUT2D eigenvalue weighted by atomic mass is 9.32. The smallest absolute Gasteiger partial charge is 0.297 e. The number of fused-ring (bicyclic) bond motifs is 12. The Labute approximate surface area is 464 Å². The van der Waals surface area contributed by atoms with E-state index in [1.165, 1.54) is 11.0 Å². The summed E-state index contributed by atoms with van der Waals surface area (Å²) in [5, 5.41) is 2.14. The molecule has 0 spiro atoms. The minimum Gasteiger partial charge on any atom is -0.468 e. The van der Waals surface area contributed by atoms with Gasteiger partial charge in [0.25, 0.3) is 13.4 Å². The Balaban J connectivity index is 1.02. The van der Waals surface area contributed by atoms with E-state index in [0.717, 1.165) is 135 Å². The number of hydrogen-bond acceptors (Lipinski definition) is 7. The largest absolute Gasteiger partial charge is 0.468 e. The number of furan rings is 2. The Morgan fingerprint density at radius 2 is 0.650 bits per heavy atom. The van der Waals surface area contributed by atoms with Gasteiger partial charge in [0.05, 0.1) is 28.4 Å². The molecule has 11 aromatic carbocycles. The van der Waals surface area contributed by atoms with E-state index < -0.39 is 0 Å². The maximum Gasteiger partial charge on any atom is 0.297 e. The highest BCUT2D eigenvalue weighted by Crippen LogP contribution is 2.52. The summed E-state index contributed by atoms with van der Waals surface area (Å²) in [4.78, 5) is 12.3. The Bertz CT molecular complexity index is 4550. The number of para-hydroxylation sites is 8. The Hall–Kier alpha value is -10.4. The molecule has 80 heavy (non-hydrogen) atoms. The van der Waals surface area contributed by atoms with Crippen LogP contribution in [-0.2, 0) is 0 Å². The molecular formula is C71H47B2N5O2. The van der Waals surface area contributed by atoms with Gasteiger partial charge in [-0.1, -0.05) is 140 Å². The molecule has 0 atom stereocenters. The average molecular weight is 1020 g/mol. The summed E-state index contributed by atoms with van der Waals surface area (Å²) in [6, 6.07) is 96.6. The van der Waals surface area contributed by atoms with E-state index in [4.69, 9.17) is 8.83 Å². The fourth-order valence-corrected chi connectivity index (χ4v) is 13.6. The zero-order valence-corrected chi connectivity index (χ0v) is 43.6. The summed E-state index contributed by atoms with van der Waals surface area (Å²) in [5.41, 5.74) is 25.5.